The van der Waals surface area contributed by atoms with E-state index in [0.717, 1.165) is 5.82 Å². The van der Waals surface area contributed by atoms with Crippen LogP contribution in [0.15, 0.2) is 0 Å². The largest absolute Gasteiger partial charge is 0.388 e. The molecule has 0 aliphatic carbocycles. The fraction of sp³-hybridized carbons (Fsp3) is 0.600. The zero-order valence-corrected chi connectivity index (χ0v) is 5.50. The van der Waals surface area contributed by atoms with Crippen molar-refractivity contribution in [3.8, 4) is 0 Å². The van der Waals surface area contributed by atoms with E-state index in [2.05, 4.69) is 10.2 Å². The molecule has 0 spiro atoms. The zero-order valence-electron chi connectivity index (χ0n) is 5.50. The SMILES string of the molecule is Cc1nnc(CO)n1C. The maximum absolute atomic E-state index is 8.61. The van der Waals surface area contributed by atoms with Crippen molar-refractivity contribution in [2.24, 2.45) is 7.05 Å². The molecule has 0 aliphatic heterocycles. The van der Waals surface area contributed by atoms with Crippen molar-refractivity contribution in [3.05, 3.63) is 11.6 Å². The molecule has 1 N–H and O–H groups in total. The lowest BCUT2D eigenvalue weighted by molar-refractivity contribution is 0.266. The molecule has 0 amide bonds. The van der Waals surface area contributed by atoms with Crippen molar-refractivity contribution in [1.82, 2.24) is 14.8 Å². The van der Waals surface area contributed by atoms with Gasteiger partial charge in [0.15, 0.2) is 5.82 Å². The van der Waals surface area contributed by atoms with Crippen LogP contribution in [0, 0.1) is 6.92 Å². The number of nitrogens with zero attached hydrogens (tertiary/aromatic N) is 3. The zero-order chi connectivity index (χ0) is 6.85. The summed E-state index contributed by atoms with van der Waals surface area (Å²) in [5.74, 6) is 1.42. The van der Waals surface area contributed by atoms with Gasteiger partial charge in [-0.25, -0.2) is 0 Å². The summed E-state index contributed by atoms with van der Waals surface area (Å²) in [5.41, 5.74) is 0. The average molecular weight is 127 g/mol. The van der Waals surface area contributed by atoms with E-state index < -0.39 is 0 Å². The van der Waals surface area contributed by atoms with E-state index in [0.29, 0.717) is 5.82 Å². The predicted octanol–water partition coefficient (Wildman–Crippen LogP) is -0.384. The van der Waals surface area contributed by atoms with E-state index in [4.69, 9.17) is 5.11 Å². The van der Waals surface area contributed by atoms with Crippen LogP contribution in [0.1, 0.15) is 11.6 Å². The van der Waals surface area contributed by atoms with Gasteiger partial charge in [0, 0.05) is 7.05 Å². The summed E-state index contributed by atoms with van der Waals surface area (Å²) in [7, 11) is 1.82. The topological polar surface area (TPSA) is 50.9 Å². The smallest absolute Gasteiger partial charge is 0.158 e. The molecule has 0 radical (unpaired) electrons. The monoisotopic (exact) mass is 127 g/mol. The molecule has 1 heterocycles. The lowest BCUT2D eigenvalue weighted by atomic mass is 10.6. The van der Waals surface area contributed by atoms with E-state index in [-0.39, 0.29) is 6.61 Å². The second kappa shape index (κ2) is 2.14. The van der Waals surface area contributed by atoms with Gasteiger partial charge in [-0.3, -0.25) is 0 Å². The lowest BCUT2D eigenvalue weighted by Crippen LogP contribution is -1.98. The molecule has 0 fully saturated rings. The lowest BCUT2D eigenvalue weighted by Gasteiger charge is -1.94. The molecular weight excluding hydrogens is 118 g/mol. The molecule has 0 saturated carbocycles. The molecule has 1 aromatic heterocycles. The molecule has 0 bridgehead atoms. The van der Waals surface area contributed by atoms with Crippen LogP contribution in [0.2, 0.25) is 0 Å². The second-order valence-electron chi connectivity index (χ2n) is 1.88. The highest BCUT2D eigenvalue weighted by Gasteiger charge is 2.00. The van der Waals surface area contributed by atoms with Crippen molar-refractivity contribution in [1.29, 1.82) is 0 Å². The van der Waals surface area contributed by atoms with Gasteiger partial charge in [0.2, 0.25) is 0 Å². The summed E-state index contributed by atoms with van der Waals surface area (Å²) in [6.45, 7) is 1.80. The minimum atomic E-state index is -0.0443. The summed E-state index contributed by atoms with van der Waals surface area (Å²) in [5, 5.41) is 16.0. The van der Waals surface area contributed by atoms with E-state index in [1.807, 2.05) is 14.0 Å². The van der Waals surface area contributed by atoms with Crippen LogP contribution in [-0.4, -0.2) is 19.9 Å². The fourth-order valence-corrected chi connectivity index (χ4v) is 0.589. The Labute approximate surface area is 53.1 Å². The van der Waals surface area contributed by atoms with Crippen LogP contribution in [-0.2, 0) is 13.7 Å². The molecule has 1 aromatic rings. The number of aliphatic hydroxyl groups is 1. The Balaban J connectivity index is 3.04. The molecule has 0 aromatic carbocycles. The number of hydrogen-bond donors (Lipinski definition) is 1. The van der Waals surface area contributed by atoms with Gasteiger partial charge in [0.1, 0.15) is 12.4 Å². The van der Waals surface area contributed by atoms with E-state index in [9.17, 15) is 0 Å². The Hall–Kier alpha value is -0.900. The van der Waals surface area contributed by atoms with Crippen LogP contribution in [0.5, 0.6) is 0 Å². The Morgan fingerprint density at radius 1 is 1.56 bits per heavy atom. The molecule has 50 valence electrons. The molecule has 4 heteroatoms. The van der Waals surface area contributed by atoms with E-state index in [1.165, 1.54) is 0 Å². The number of hydrogen-bond acceptors (Lipinski definition) is 3. The van der Waals surface area contributed by atoms with Gasteiger partial charge in [0.05, 0.1) is 0 Å². The van der Waals surface area contributed by atoms with E-state index >= 15 is 0 Å². The van der Waals surface area contributed by atoms with Crippen molar-refractivity contribution >= 4 is 0 Å². The maximum atomic E-state index is 8.61. The Bertz CT molecular complexity index is 206. The highest BCUT2D eigenvalue weighted by atomic mass is 16.3. The molecule has 0 aliphatic rings. The summed E-state index contributed by atoms with van der Waals surface area (Å²) in [4.78, 5) is 0. The van der Waals surface area contributed by atoms with Crippen LogP contribution in [0.25, 0.3) is 0 Å². The average Bonchev–Trinajstić information content (AvgIpc) is 2.15. The van der Waals surface area contributed by atoms with Crippen LogP contribution in [0.4, 0.5) is 0 Å². The standard InChI is InChI=1S/C5H9N3O/c1-4-6-7-5(3-9)8(4)2/h9H,3H2,1-2H3. The van der Waals surface area contributed by atoms with Gasteiger partial charge < -0.3 is 9.67 Å². The van der Waals surface area contributed by atoms with Crippen molar-refractivity contribution < 1.29 is 5.11 Å². The first-order valence-electron chi connectivity index (χ1n) is 2.71. The summed E-state index contributed by atoms with van der Waals surface area (Å²) < 4.78 is 1.75. The number of aryl methyl sites for hydroxylation is 1. The van der Waals surface area contributed by atoms with Crippen LogP contribution >= 0.6 is 0 Å². The minimum absolute atomic E-state index is 0.0443. The molecule has 0 unspecified atom stereocenters. The van der Waals surface area contributed by atoms with E-state index in [1.54, 1.807) is 4.57 Å². The Morgan fingerprint density at radius 2 is 2.22 bits per heavy atom. The molecular formula is C5H9N3O. The first kappa shape index (κ1) is 6.22. The summed E-state index contributed by atoms with van der Waals surface area (Å²) in [6.07, 6.45) is 0. The van der Waals surface area contributed by atoms with Crippen molar-refractivity contribution in [2.75, 3.05) is 0 Å². The van der Waals surface area contributed by atoms with Gasteiger partial charge >= 0.3 is 0 Å². The maximum Gasteiger partial charge on any atom is 0.158 e. The van der Waals surface area contributed by atoms with Gasteiger partial charge in [0.25, 0.3) is 0 Å². The minimum Gasteiger partial charge on any atom is -0.388 e. The Kier molecular flexibility index (Phi) is 1.48. The van der Waals surface area contributed by atoms with Gasteiger partial charge in [-0.05, 0) is 6.92 Å². The third-order valence-electron chi connectivity index (χ3n) is 1.32. The Morgan fingerprint density at radius 3 is 2.44 bits per heavy atom. The van der Waals surface area contributed by atoms with Crippen LogP contribution < -0.4 is 0 Å². The second-order valence-corrected chi connectivity index (χ2v) is 1.88. The quantitative estimate of drug-likeness (QED) is 0.559. The first-order chi connectivity index (χ1) is 4.25. The number of aliphatic hydroxyl groups excluding tert-OH is 1. The third-order valence-corrected chi connectivity index (χ3v) is 1.32. The highest BCUT2D eigenvalue weighted by molar-refractivity contribution is 4.89. The normalized spacial score (nSPS) is 10.1. The first-order valence-corrected chi connectivity index (χ1v) is 2.71. The third kappa shape index (κ3) is 0.929. The molecule has 0 saturated heterocycles. The van der Waals surface area contributed by atoms with Gasteiger partial charge in [-0.15, -0.1) is 10.2 Å². The van der Waals surface area contributed by atoms with Crippen molar-refractivity contribution in [2.45, 2.75) is 13.5 Å². The van der Waals surface area contributed by atoms with Gasteiger partial charge in [-0.1, -0.05) is 0 Å². The van der Waals surface area contributed by atoms with Gasteiger partial charge in [-0.2, -0.15) is 0 Å². The highest BCUT2D eigenvalue weighted by Crippen LogP contribution is 1.94. The van der Waals surface area contributed by atoms with Crippen LogP contribution in [0.3, 0.4) is 0 Å². The predicted molar refractivity (Wildman–Crippen MR) is 31.7 cm³/mol. The number of rotatable bonds is 1. The van der Waals surface area contributed by atoms with Crippen molar-refractivity contribution in [3.63, 3.8) is 0 Å². The fourth-order valence-electron chi connectivity index (χ4n) is 0.589. The molecule has 4 nitrogen and oxygen atoms in total. The molecule has 9 heavy (non-hydrogen) atoms. The molecule has 1 rings (SSSR count). The number of aromatic nitrogens is 3. The molecule has 0 atom stereocenters. The summed E-state index contributed by atoms with van der Waals surface area (Å²) in [6, 6.07) is 0. The summed E-state index contributed by atoms with van der Waals surface area (Å²) >= 11 is 0.